The van der Waals surface area contributed by atoms with Gasteiger partial charge in [-0.25, -0.2) is 0 Å². The Morgan fingerprint density at radius 3 is 1.02 bits per heavy atom. The zero-order valence-corrected chi connectivity index (χ0v) is 42.0. The molecule has 368 valence electrons. The Morgan fingerprint density at radius 1 is 0.369 bits per heavy atom. The van der Waals surface area contributed by atoms with Gasteiger partial charge in [0, 0.05) is 12.8 Å². The van der Waals surface area contributed by atoms with Crippen molar-refractivity contribution >= 4 is 11.9 Å². The molecule has 0 saturated carbocycles. The number of allylic oxidation sites excluding steroid dienone is 20. The lowest BCUT2D eigenvalue weighted by Crippen LogP contribution is -2.28. The van der Waals surface area contributed by atoms with Crippen molar-refractivity contribution < 1.29 is 24.2 Å². The summed E-state index contributed by atoms with van der Waals surface area (Å²) in [5.74, 6) is -0.609. The summed E-state index contributed by atoms with van der Waals surface area (Å²) in [5.41, 5.74) is 0. The van der Waals surface area contributed by atoms with Crippen LogP contribution in [0.2, 0.25) is 0 Å². The van der Waals surface area contributed by atoms with E-state index in [1.54, 1.807) is 0 Å². The SMILES string of the molecule is CC/C=C\C/C=C\C/C=C\C/C=C\C/C=C\C/C=C\C/C=C\C/C=C\C/C=C\CCCCCCCCCCCCCCCC(=O)OC(CO)COC(=O)CCCCCCC/C=C\CCC. The van der Waals surface area contributed by atoms with Gasteiger partial charge in [-0.2, -0.15) is 0 Å². The van der Waals surface area contributed by atoms with Gasteiger partial charge >= 0.3 is 11.9 Å². The third-order valence-corrected chi connectivity index (χ3v) is 11.0. The van der Waals surface area contributed by atoms with Crippen LogP contribution in [0, 0.1) is 0 Å². The van der Waals surface area contributed by atoms with E-state index in [0.29, 0.717) is 12.8 Å². The largest absolute Gasteiger partial charge is 0.462 e. The molecule has 5 nitrogen and oxygen atoms in total. The van der Waals surface area contributed by atoms with Crippen LogP contribution in [-0.4, -0.2) is 36.4 Å². The molecule has 0 heterocycles. The smallest absolute Gasteiger partial charge is 0.306 e. The minimum Gasteiger partial charge on any atom is -0.462 e. The Labute approximate surface area is 401 Å². The lowest BCUT2D eigenvalue weighted by Gasteiger charge is -2.15. The predicted octanol–water partition coefficient (Wildman–Crippen LogP) is 17.9. The predicted molar refractivity (Wildman–Crippen MR) is 283 cm³/mol. The van der Waals surface area contributed by atoms with Crippen molar-refractivity contribution in [1.29, 1.82) is 0 Å². The lowest BCUT2D eigenvalue weighted by atomic mass is 10.0. The van der Waals surface area contributed by atoms with Crippen LogP contribution in [0.1, 0.15) is 226 Å². The molecule has 0 amide bonds. The van der Waals surface area contributed by atoms with Crippen molar-refractivity contribution in [3.8, 4) is 0 Å². The van der Waals surface area contributed by atoms with E-state index in [2.05, 4.69) is 135 Å². The minimum absolute atomic E-state index is 0.0748. The molecule has 5 heteroatoms. The number of esters is 2. The molecule has 0 fully saturated rings. The van der Waals surface area contributed by atoms with Crippen molar-refractivity contribution in [2.24, 2.45) is 0 Å². The molecule has 0 aromatic rings. The van der Waals surface area contributed by atoms with Gasteiger partial charge in [0.05, 0.1) is 6.61 Å². The number of carbonyl (C=O) groups is 2. The average Bonchev–Trinajstić information content (AvgIpc) is 3.31. The van der Waals surface area contributed by atoms with Crippen molar-refractivity contribution in [2.75, 3.05) is 13.2 Å². The molecule has 0 aliphatic carbocycles. The highest BCUT2D eigenvalue weighted by Crippen LogP contribution is 2.15. The second-order valence-electron chi connectivity index (χ2n) is 17.2. The Bertz CT molecular complexity index is 1340. The maximum absolute atomic E-state index is 12.2. The second-order valence-corrected chi connectivity index (χ2v) is 17.2. The summed E-state index contributed by atoms with van der Waals surface area (Å²) in [6, 6.07) is 0. The highest BCUT2D eigenvalue weighted by atomic mass is 16.6. The molecule has 0 spiro atoms. The minimum atomic E-state index is -0.780. The summed E-state index contributed by atoms with van der Waals surface area (Å²) in [7, 11) is 0. The van der Waals surface area contributed by atoms with E-state index in [-0.39, 0.29) is 25.2 Å². The summed E-state index contributed by atoms with van der Waals surface area (Å²) in [4.78, 5) is 24.3. The van der Waals surface area contributed by atoms with Crippen LogP contribution in [-0.2, 0) is 19.1 Å². The van der Waals surface area contributed by atoms with Gasteiger partial charge in [0.15, 0.2) is 6.10 Å². The van der Waals surface area contributed by atoms with Gasteiger partial charge in [0.25, 0.3) is 0 Å². The van der Waals surface area contributed by atoms with E-state index >= 15 is 0 Å². The molecule has 0 radical (unpaired) electrons. The first-order chi connectivity index (χ1) is 32.1. The van der Waals surface area contributed by atoms with E-state index in [1.165, 1.54) is 89.9 Å². The normalized spacial score (nSPS) is 13.2. The molecule has 0 bridgehead atoms. The van der Waals surface area contributed by atoms with Crippen molar-refractivity contribution in [1.82, 2.24) is 0 Å². The van der Waals surface area contributed by atoms with Crippen LogP contribution in [0.4, 0.5) is 0 Å². The molecule has 1 atom stereocenters. The molecule has 0 aliphatic rings. The standard InChI is InChI=1S/C60H98O5/c1-3-5-7-9-11-13-15-16-17-18-19-20-21-22-23-24-25-26-27-28-29-30-31-32-33-34-35-36-37-38-39-40-41-42-43-44-45-47-49-51-53-55-60(63)65-58(56-61)57-64-59(62)54-52-50-48-46-14-12-10-8-6-4-2/h5,7-8,10-11,13,16-17,19-20,22-23,25-26,28-29,31-32,34-35,58,61H,3-4,6,9,12,14-15,18,21,24,27,30,33,36-57H2,1-2H3/b7-5-,10-8-,13-11-,17-16-,20-19-,23-22-,26-25-,29-28-,32-31-,35-34-. The number of aliphatic hydroxyl groups excluding tert-OH is 1. The number of unbranched alkanes of at least 4 members (excludes halogenated alkanes) is 19. The summed E-state index contributed by atoms with van der Waals surface area (Å²) in [5, 5.41) is 9.58. The van der Waals surface area contributed by atoms with Gasteiger partial charge < -0.3 is 14.6 Å². The topological polar surface area (TPSA) is 72.8 Å². The monoisotopic (exact) mass is 899 g/mol. The van der Waals surface area contributed by atoms with E-state index in [9.17, 15) is 14.7 Å². The average molecular weight is 899 g/mol. The molecule has 0 aliphatic heterocycles. The molecular formula is C60H98O5. The number of hydrogen-bond acceptors (Lipinski definition) is 5. The lowest BCUT2D eigenvalue weighted by molar-refractivity contribution is -0.161. The molecular weight excluding hydrogens is 801 g/mol. The molecule has 0 saturated heterocycles. The van der Waals surface area contributed by atoms with Crippen LogP contribution in [0.15, 0.2) is 122 Å². The fraction of sp³-hybridized carbons (Fsp3) is 0.633. The van der Waals surface area contributed by atoms with Crippen molar-refractivity contribution in [2.45, 2.75) is 232 Å². The van der Waals surface area contributed by atoms with E-state index < -0.39 is 6.10 Å². The molecule has 0 aromatic heterocycles. The van der Waals surface area contributed by atoms with Gasteiger partial charge in [-0.15, -0.1) is 0 Å². The fourth-order valence-electron chi connectivity index (χ4n) is 7.02. The zero-order chi connectivity index (χ0) is 47.0. The first-order valence-electron chi connectivity index (χ1n) is 26.6. The quantitative estimate of drug-likeness (QED) is 0.0374. The molecule has 1 N–H and O–H groups in total. The molecule has 1 unspecified atom stereocenters. The molecule has 0 aromatic carbocycles. The maximum atomic E-state index is 12.2. The van der Waals surface area contributed by atoms with Gasteiger partial charge in [0.2, 0.25) is 0 Å². The Kier molecular flexibility index (Phi) is 51.5. The number of rotatable bonds is 47. The van der Waals surface area contributed by atoms with E-state index in [1.807, 2.05) is 0 Å². The molecule has 0 rings (SSSR count). The Morgan fingerprint density at radius 2 is 0.662 bits per heavy atom. The molecule has 65 heavy (non-hydrogen) atoms. The van der Waals surface area contributed by atoms with Crippen LogP contribution < -0.4 is 0 Å². The van der Waals surface area contributed by atoms with Crippen LogP contribution >= 0.6 is 0 Å². The van der Waals surface area contributed by atoms with Crippen LogP contribution in [0.5, 0.6) is 0 Å². The van der Waals surface area contributed by atoms with Gasteiger partial charge in [-0.1, -0.05) is 232 Å². The number of carbonyl (C=O) groups excluding carboxylic acids is 2. The third-order valence-electron chi connectivity index (χ3n) is 11.0. The van der Waals surface area contributed by atoms with Gasteiger partial charge in [0.1, 0.15) is 6.61 Å². The van der Waals surface area contributed by atoms with E-state index in [4.69, 9.17) is 9.47 Å². The van der Waals surface area contributed by atoms with E-state index in [0.717, 1.165) is 109 Å². The number of ether oxygens (including phenoxy) is 2. The highest BCUT2D eigenvalue weighted by Gasteiger charge is 2.16. The van der Waals surface area contributed by atoms with Crippen molar-refractivity contribution in [3.05, 3.63) is 122 Å². The third kappa shape index (κ3) is 52.8. The van der Waals surface area contributed by atoms with Crippen LogP contribution in [0.25, 0.3) is 0 Å². The Hall–Kier alpha value is -3.70. The van der Waals surface area contributed by atoms with Gasteiger partial charge in [-0.3, -0.25) is 9.59 Å². The summed E-state index contributed by atoms with van der Waals surface area (Å²) in [6.45, 7) is 3.94. The Balaban J connectivity index is 3.54. The van der Waals surface area contributed by atoms with Gasteiger partial charge in [-0.05, 0) is 103 Å². The zero-order valence-electron chi connectivity index (χ0n) is 42.0. The summed E-state index contributed by atoms with van der Waals surface area (Å²) in [6.07, 6.45) is 80.3. The number of aliphatic hydroxyl groups is 1. The fourth-order valence-corrected chi connectivity index (χ4v) is 7.02. The highest BCUT2D eigenvalue weighted by molar-refractivity contribution is 5.70. The first-order valence-corrected chi connectivity index (χ1v) is 26.6. The van der Waals surface area contributed by atoms with Crippen molar-refractivity contribution in [3.63, 3.8) is 0 Å². The summed E-state index contributed by atoms with van der Waals surface area (Å²) >= 11 is 0. The first kappa shape index (κ1) is 61.3. The number of hydrogen-bond donors (Lipinski definition) is 1. The van der Waals surface area contributed by atoms with Crippen LogP contribution in [0.3, 0.4) is 0 Å². The summed E-state index contributed by atoms with van der Waals surface area (Å²) < 4.78 is 10.6. The maximum Gasteiger partial charge on any atom is 0.306 e. The second kappa shape index (κ2) is 54.6.